The van der Waals surface area contributed by atoms with E-state index in [0.29, 0.717) is 96.7 Å². The zero-order chi connectivity index (χ0) is 56.0. The molecule has 0 unspecified atom stereocenters. The number of urea groups is 1. The van der Waals surface area contributed by atoms with Crippen molar-refractivity contribution in [2.75, 3.05) is 37.7 Å². The van der Waals surface area contributed by atoms with Crippen molar-refractivity contribution in [2.45, 2.75) is 145 Å². The third-order valence-corrected chi connectivity index (χ3v) is 13.9. The lowest BCUT2D eigenvalue weighted by Gasteiger charge is -2.29. The molecule has 3 rings (SSSR count). The van der Waals surface area contributed by atoms with Crippen LogP contribution in [-0.4, -0.2) is 149 Å². The molecule has 0 radical (unpaired) electrons. The summed E-state index contributed by atoms with van der Waals surface area (Å²) in [5.41, 5.74) is 12.3. The zero-order valence-corrected chi connectivity index (χ0v) is 44.7. The molecule has 0 saturated heterocycles. The summed E-state index contributed by atoms with van der Waals surface area (Å²) in [4.78, 5) is 124. The van der Waals surface area contributed by atoms with Gasteiger partial charge in [-0.2, -0.15) is 25.3 Å². The van der Waals surface area contributed by atoms with Crippen LogP contribution in [0.1, 0.15) is 108 Å². The second-order valence-electron chi connectivity index (χ2n) is 19.1. The predicted molar refractivity (Wildman–Crippen MR) is 290 cm³/mol. The average Bonchev–Trinajstić information content (AvgIpc) is 3.40. The molecule has 0 aliphatic heterocycles. The maximum absolute atomic E-state index is 13.7. The molecule has 1 aliphatic carbocycles. The maximum atomic E-state index is 13.7. The van der Waals surface area contributed by atoms with Gasteiger partial charge >= 0.3 is 23.9 Å². The minimum atomic E-state index is -1.54. The summed E-state index contributed by atoms with van der Waals surface area (Å²) in [7, 11) is 0. The quantitative estimate of drug-likeness (QED) is 0.0336. The number of hydrogen-bond donors (Lipinski definition) is 15. The van der Waals surface area contributed by atoms with Gasteiger partial charge in [0.05, 0.1) is 12.1 Å². The van der Waals surface area contributed by atoms with Crippen molar-refractivity contribution >= 4 is 95.4 Å². The predicted octanol–water partition coefficient (Wildman–Crippen LogP) is 1.11. The summed E-state index contributed by atoms with van der Waals surface area (Å²) in [6, 6.07) is 6.20. The zero-order valence-electron chi connectivity index (χ0n) is 42.9. The van der Waals surface area contributed by atoms with Crippen molar-refractivity contribution in [1.82, 2.24) is 42.5 Å². The number of carbonyl (C=O) groups is 10. The fraction of sp³-hybridized carbons (Fsp3) is 0.608. The Morgan fingerprint density at radius 1 is 0.539 bits per heavy atom. The topological polar surface area (TPSA) is 380 Å². The van der Waals surface area contributed by atoms with Gasteiger partial charge in [0.1, 0.15) is 24.2 Å². The first-order valence-electron chi connectivity index (χ1n) is 26.0. The Labute approximate surface area is 453 Å². The number of fused-ring (bicyclic) bond motifs is 1. The van der Waals surface area contributed by atoms with Gasteiger partial charge in [-0.25, -0.2) is 14.4 Å². The van der Waals surface area contributed by atoms with Crippen molar-refractivity contribution in [1.29, 1.82) is 0 Å². The van der Waals surface area contributed by atoms with Crippen molar-refractivity contribution in [3.8, 4) is 0 Å². The molecule has 2 aromatic carbocycles. The molecule has 0 heterocycles. The second-order valence-corrected chi connectivity index (χ2v) is 19.8. The molecule has 1 saturated carbocycles. The second kappa shape index (κ2) is 35.2. The molecule has 6 atom stereocenters. The van der Waals surface area contributed by atoms with Crippen LogP contribution in [0.3, 0.4) is 0 Å². The van der Waals surface area contributed by atoms with Gasteiger partial charge < -0.3 is 69.3 Å². The summed E-state index contributed by atoms with van der Waals surface area (Å²) in [6.45, 7) is 1.29. The lowest BCUT2D eigenvalue weighted by atomic mass is 9.81. The fourth-order valence-corrected chi connectivity index (χ4v) is 8.81. The van der Waals surface area contributed by atoms with E-state index in [1.165, 1.54) is 0 Å². The molecule has 8 amide bonds. The van der Waals surface area contributed by atoms with Crippen LogP contribution in [0.25, 0.3) is 10.8 Å². The number of unbranched alkanes of at least 4 members (excludes halogenated alkanes) is 4. The minimum Gasteiger partial charge on any atom is -0.481 e. The number of carboxylic acids is 3. The van der Waals surface area contributed by atoms with E-state index in [-0.39, 0.29) is 72.8 Å². The van der Waals surface area contributed by atoms with Gasteiger partial charge in [0.2, 0.25) is 35.4 Å². The Kier molecular flexibility index (Phi) is 29.7. The standard InChI is InChI=1S/C51H78N10O13S2/c52-36(29-75)45(66)54-24-8-5-12-38(58-46(67)37(53)30-76)47(68)55-23-7-1-2-14-42(62)57-28-31-15-19-34(20-16-31)44(65)59-41(27-32-17-18-33-10-3-4-11-35(33)26-32)48(69)56-25-9-6-13-39(49(70)71)60-51(74)61-40(50(72)73)21-22-43(63)64/h3-4,10-11,17-18,26,31,34,36-41,75-76H,1-2,5-9,12-16,19-25,27-30,52-53H2,(H,54,66)(H,55,68)(H,56,69)(H,57,62)(H,58,67)(H,59,65)(H,63,64)(H,70,71)(H,72,73)(H2,60,61,74)/t31?,34?,36-,37-,38-,39-,40-,41-/m0/s1. The van der Waals surface area contributed by atoms with E-state index in [1.54, 1.807) is 0 Å². The van der Waals surface area contributed by atoms with E-state index in [0.717, 1.165) is 16.3 Å². The highest BCUT2D eigenvalue weighted by Crippen LogP contribution is 2.29. The Hall–Kier alpha value is -6.18. The van der Waals surface area contributed by atoms with Gasteiger partial charge in [-0.1, -0.05) is 48.9 Å². The molecule has 2 aromatic rings. The van der Waals surface area contributed by atoms with Crippen LogP contribution in [0, 0.1) is 11.8 Å². The first-order valence-corrected chi connectivity index (χ1v) is 27.2. The van der Waals surface area contributed by atoms with E-state index in [4.69, 9.17) is 16.6 Å². The monoisotopic (exact) mass is 1100 g/mol. The van der Waals surface area contributed by atoms with E-state index >= 15 is 0 Å². The largest absolute Gasteiger partial charge is 0.481 e. The smallest absolute Gasteiger partial charge is 0.326 e. The molecule has 1 fully saturated rings. The van der Waals surface area contributed by atoms with Gasteiger partial charge in [0, 0.05) is 62.9 Å². The summed E-state index contributed by atoms with van der Waals surface area (Å²) in [5, 5.41) is 51.2. The van der Waals surface area contributed by atoms with Gasteiger partial charge in [-0.05, 0) is 106 Å². The summed E-state index contributed by atoms with van der Waals surface area (Å²) >= 11 is 8.09. The number of benzene rings is 2. The number of nitrogens with two attached hydrogens (primary N) is 2. The third kappa shape index (κ3) is 24.7. The first-order chi connectivity index (χ1) is 36.3. The van der Waals surface area contributed by atoms with Gasteiger partial charge in [0.25, 0.3) is 0 Å². The molecule has 25 heteroatoms. The van der Waals surface area contributed by atoms with E-state index in [1.807, 2.05) is 42.5 Å². The lowest BCUT2D eigenvalue weighted by Crippen LogP contribution is -2.52. The lowest BCUT2D eigenvalue weighted by molar-refractivity contribution is -0.141. The molecule has 15 N–H and O–H groups in total. The third-order valence-electron chi connectivity index (χ3n) is 13.1. The molecular weight excluding hydrogens is 1020 g/mol. The Bertz CT molecular complexity index is 2250. The SMILES string of the molecule is N[C@@H](CS)C(=O)NCCCC[C@H](NC(=O)[C@@H](N)CS)C(=O)NCCCCCC(=O)NCC1CCC(C(=O)N[C@@H](Cc2ccc3ccccc3c2)C(=O)NCCCC[C@H](NC(=O)N[C@@H](CCC(=O)O)C(=O)O)C(=O)O)CC1. The number of carbonyl (C=O) groups excluding carboxylic acids is 7. The van der Waals surface area contributed by atoms with Crippen LogP contribution in [0.15, 0.2) is 42.5 Å². The summed E-state index contributed by atoms with van der Waals surface area (Å²) in [5.74, 6) is -5.91. The van der Waals surface area contributed by atoms with E-state index in [2.05, 4.69) is 67.8 Å². The van der Waals surface area contributed by atoms with Crippen LogP contribution in [0.5, 0.6) is 0 Å². The highest BCUT2D eigenvalue weighted by molar-refractivity contribution is 7.80. The first kappa shape index (κ1) is 64.1. The van der Waals surface area contributed by atoms with Crippen LogP contribution in [0.2, 0.25) is 0 Å². The molecule has 1 aliphatic rings. The van der Waals surface area contributed by atoms with Crippen LogP contribution in [-0.2, 0) is 49.6 Å². The van der Waals surface area contributed by atoms with Gasteiger partial charge in [0.15, 0.2) is 0 Å². The molecule has 0 aromatic heterocycles. The van der Waals surface area contributed by atoms with Crippen molar-refractivity contribution in [2.24, 2.45) is 23.3 Å². The Balaban J connectivity index is 1.42. The number of aliphatic carboxylic acids is 3. The van der Waals surface area contributed by atoms with Crippen LogP contribution >= 0.6 is 25.3 Å². The van der Waals surface area contributed by atoms with E-state index in [9.17, 15) is 58.2 Å². The van der Waals surface area contributed by atoms with E-state index < -0.39 is 84.8 Å². The van der Waals surface area contributed by atoms with Crippen molar-refractivity contribution < 1.29 is 63.3 Å². The van der Waals surface area contributed by atoms with Gasteiger partial charge in [-0.15, -0.1) is 0 Å². The number of thiol groups is 2. The highest BCUT2D eigenvalue weighted by atomic mass is 32.1. The Morgan fingerprint density at radius 2 is 1.08 bits per heavy atom. The normalized spacial score (nSPS) is 16.5. The maximum Gasteiger partial charge on any atom is 0.326 e. The Morgan fingerprint density at radius 3 is 1.67 bits per heavy atom. The number of amides is 8. The van der Waals surface area contributed by atoms with Crippen molar-refractivity contribution in [3.63, 3.8) is 0 Å². The fourth-order valence-electron chi connectivity index (χ4n) is 8.48. The molecule has 23 nitrogen and oxygen atoms in total. The van der Waals surface area contributed by atoms with Crippen LogP contribution < -0.4 is 54.0 Å². The number of nitrogens with one attached hydrogen (secondary N) is 8. The highest BCUT2D eigenvalue weighted by Gasteiger charge is 2.31. The molecule has 0 spiro atoms. The number of rotatable bonds is 36. The van der Waals surface area contributed by atoms with Crippen LogP contribution in [0.4, 0.5) is 4.79 Å². The van der Waals surface area contributed by atoms with Gasteiger partial charge in [-0.3, -0.25) is 33.6 Å². The average molecular weight is 1100 g/mol. The minimum absolute atomic E-state index is 0.0557. The molecule has 76 heavy (non-hydrogen) atoms. The molecular formula is C51H78N10O13S2. The summed E-state index contributed by atoms with van der Waals surface area (Å²) in [6.07, 6.45) is 5.91. The number of carboxylic acid groups (broad SMARTS) is 3. The number of hydrogen-bond acceptors (Lipinski definition) is 14. The van der Waals surface area contributed by atoms with Crippen molar-refractivity contribution in [3.05, 3.63) is 48.0 Å². The molecule has 422 valence electrons. The molecule has 0 bridgehead atoms. The summed E-state index contributed by atoms with van der Waals surface area (Å²) < 4.78 is 0.